The Hall–Kier alpha value is -1.02. The van der Waals surface area contributed by atoms with Gasteiger partial charge in [0, 0.05) is 29.9 Å². The van der Waals surface area contributed by atoms with Gasteiger partial charge < -0.3 is 10.2 Å². The van der Waals surface area contributed by atoms with Crippen molar-refractivity contribution >= 4 is 5.69 Å². The van der Waals surface area contributed by atoms with Crippen molar-refractivity contribution < 1.29 is 0 Å². The molecule has 26 heavy (non-hydrogen) atoms. The Labute approximate surface area is 158 Å². The van der Waals surface area contributed by atoms with Crippen molar-refractivity contribution in [2.45, 2.75) is 88.4 Å². The fraction of sp³-hybridized carbons (Fsp3) is 0.750. The van der Waals surface area contributed by atoms with E-state index in [1.165, 1.54) is 69.9 Å². The first-order valence-electron chi connectivity index (χ1n) is 11.5. The van der Waals surface area contributed by atoms with Crippen molar-refractivity contribution in [3.63, 3.8) is 0 Å². The second-order valence-corrected chi connectivity index (χ2v) is 9.90. The van der Waals surface area contributed by atoms with Crippen molar-refractivity contribution in [2.75, 3.05) is 4.90 Å². The number of nitrogens with zero attached hydrogens (tertiary/aromatic N) is 1. The maximum atomic E-state index is 4.23. The minimum atomic E-state index is 0.757. The first-order chi connectivity index (χ1) is 12.9. The summed E-state index contributed by atoms with van der Waals surface area (Å²) in [4.78, 5) is 2.94. The molecule has 2 heteroatoms. The number of benzene rings is 1. The van der Waals surface area contributed by atoms with Gasteiger partial charge in [-0.2, -0.15) is 0 Å². The Kier molecular flexibility index (Phi) is 3.85. The molecule has 2 heterocycles. The van der Waals surface area contributed by atoms with Gasteiger partial charge in [0.25, 0.3) is 0 Å². The third kappa shape index (κ3) is 2.27. The second-order valence-electron chi connectivity index (χ2n) is 9.90. The topological polar surface area (TPSA) is 15.3 Å². The molecule has 0 aromatic heterocycles. The summed E-state index contributed by atoms with van der Waals surface area (Å²) in [6, 6.07) is 14.6. The lowest BCUT2D eigenvalue weighted by Gasteiger charge is -2.43. The number of hydrogen-bond acceptors (Lipinski definition) is 2. The van der Waals surface area contributed by atoms with Crippen molar-refractivity contribution in [1.82, 2.24) is 5.32 Å². The van der Waals surface area contributed by atoms with E-state index >= 15 is 0 Å². The van der Waals surface area contributed by atoms with Gasteiger partial charge in [0.1, 0.15) is 0 Å². The quantitative estimate of drug-likeness (QED) is 0.767. The number of anilines is 1. The summed E-state index contributed by atoms with van der Waals surface area (Å²) < 4.78 is 0. The lowest BCUT2D eigenvalue weighted by Crippen LogP contribution is -2.54. The highest BCUT2D eigenvalue weighted by Crippen LogP contribution is 2.55. The van der Waals surface area contributed by atoms with E-state index in [1.54, 1.807) is 0 Å². The molecule has 5 fully saturated rings. The fourth-order valence-electron chi connectivity index (χ4n) is 8.10. The van der Waals surface area contributed by atoms with Gasteiger partial charge in [-0.1, -0.05) is 43.9 Å². The number of rotatable bonds is 1. The minimum absolute atomic E-state index is 0.757. The highest BCUT2D eigenvalue weighted by Gasteiger charge is 2.59. The molecule has 2 saturated heterocycles. The molecule has 1 N–H and O–H groups in total. The molecule has 3 aliphatic carbocycles. The van der Waals surface area contributed by atoms with Gasteiger partial charge >= 0.3 is 0 Å². The number of hydrogen-bond donors (Lipinski definition) is 1. The van der Waals surface area contributed by atoms with Crippen LogP contribution in [0.1, 0.15) is 64.2 Å². The zero-order chi connectivity index (χ0) is 17.1. The molecule has 140 valence electrons. The van der Waals surface area contributed by atoms with Gasteiger partial charge in [-0.15, -0.1) is 0 Å². The molecule has 1 aromatic rings. The van der Waals surface area contributed by atoms with Crippen LogP contribution >= 0.6 is 0 Å². The lowest BCUT2D eigenvalue weighted by atomic mass is 9.66. The van der Waals surface area contributed by atoms with Gasteiger partial charge in [0.15, 0.2) is 0 Å². The third-order valence-corrected chi connectivity index (χ3v) is 8.94. The molecule has 8 unspecified atom stereocenters. The van der Waals surface area contributed by atoms with Crippen LogP contribution in [0.3, 0.4) is 0 Å². The fourth-order valence-corrected chi connectivity index (χ4v) is 8.10. The number of para-hydroxylation sites is 1. The maximum absolute atomic E-state index is 4.23. The molecule has 2 nitrogen and oxygen atoms in total. The lowest BCUT2D eigenvalue weighted by molar-refractivity contribution is 0.156. The highest BCUT2D eigenvalue weighted by atomic mass is 15.3. The van der Waals surface area contributed by atoms with E-state index in [0.717, 1.165) is 47.8 Å². The predicted molar refractivity (Wildman–Crippen MR) is 107 cm³/mol. The first kappa shape index (κ1) is 16.0. The normalized spacial score (nSPS) is 47.0. The molecule has 6 rings (SSSR count). The van der Waals surface area contributed by atoms with Gasteiger partial charge in [-0.3, -0.25) is 0 Å². The molecule has 0 spiro atoms. The van der Waals surface area contributed by atoms with E-state index in [9.17, 15) is 0 Å². The van der Waals surface area contributed by atoms with Gasteiger partial charge in [0.2, 0.25) is 0 Å². The van der Waals surface area contributed by atoms with E-state index in [1.807, 2.05) is 0 Å². The zero-order valence-electron chi connectivity index (χ0n) is 16.0. The van der Waals surface area contributed by atoms with Crippen molar-refractivity contribution in [1.29, 1.82) is 0 Å². The van der Waals surface area contributed by atoms with Crippen LogP contribution in [0.2, 0.25) is 0 Å². The Bertz CT molecular complexity index is 643. The summed E-state index contributed by atoms with van der Waals surface area (Å²) in [7, 11) is 0. The van der Waals surface area contributed by atoms with Crippen molar-refractivity contribution in [3.05, 3.63) is 30.3 Å². The maximum Gasteiger partial charge on any atom is 0.0480 e. The predicted octanol–water partition coefficient (Wildman–Crippen LogP) is 4.99. The summed E-state index contributed by atoms with van der Waals surface area (Å²) in [5, 5.41) is 4.23. The summed E-state index contributed by atoms with van der Waals surface area (Å²) >= 11 is 0. The molecule has 8 atom stereocenters. The Morgan fingerprint density at radius 3 is 2.31 bits per heavy atom. The van der Waals surface area contributed by atoms with Crippen LogP contribution in [-0.2, 0) is 0 Å². The first-order valence-corrected chi connectivity index (χ1v) is 11.5. The van der Waals surface area contributed by atoms with E-state index in [0.29, 0.717) is 0 Å². The van der Waals surface area contributed by atoms with Crippen LogP contribution in [0.5, 0.6) is 0 Å². The molecule has 0 bridgehead atoms. The minimum Gasteiger partial charge on any atom is -0.363 e. The number of nitrogens with one attached hydrogen (secondary N) is 1. The summed E-state index contributed by atoms with van der Waals surface area (Å²) in [5.41, 5.74) is 1.51. The van der Waals surface area contributed by atoms with Crippen LogP contribution in [0.15, 0.2) is 30.3 Å². The van der Waals surface area contributed by atoms with Gasteiger partial charge in [-0.05, 0) is 74.3 Å². The van der Waals surface area contributed by atoms with Crippen LogP contribution in [0.4, 0.5) is 5.69 Å². The summed E-state index contributed by atoms with van der Waals surface area (Å²) in [6.45, 7) is 0. The van der Waals surface area contributed by atoms with Gasteiger partial charge in [0.05, 0.1) is 0 Å². The molecular weight excluding hydrogens is 316 g/mol. The molecule has 3 saturated carbocycles. The van der Waals surface area contributed by atoms with E-state index < -0.39 is 0 Å². The average Bonchev–Trinajstić information content (AvgIpc) is 3.24. The average molecular weight is 351 g/mol. The molecule has 2 aliphatic heterocycles. The third-order valence-electron chi connectivity index (χ3n) is 8.94. The monoisotopic (exact) mass is 350 g/mol. The van der Waals surface area contributed by atoms with Crippen molar-refractivity contribution in [2.24, 2.45) is 23.7 Å². The second kappa shape index (κ2) is 6.26. The SMILES string of the molecule is c1ccc(N2C3CCCCC3C3CCC4C5CCCCC5NC4C32)cc1. The van der Waals surface area contributed by atoms with E-state index in [4.69, 9.17) is 0 Å². The molecule has 0 radical (unpaired) electrons. The van der Waals surface area contributed by atoms with Crippen LogP contribution in [0.25, 0.3) is 0 Å². The largest absolute Gasteiger partial charge is 0.363 e. The highest BCUT2D eigenvalue weighted by molar-refractivity contribution is 5.51. The van der Waals surface area contributed by atoms with E-state index in [2.05, 4.69) is 40.5 Å². The van der Waals surface area contributed by atoms with E-state index in [-0.39, 0.29) is 0 Å². The van der Waals surface area contributed by atoms with Crippen LogP contribution in [0, 0.1) is 23.7 Å². The molecule has 1 aromatic carbocycles. The smallest absolute Gasteiger partial charge is 0.0480 e. The summed E-state index contributed by atoms with van der Waals surface area (Å²) in [5.74, 6) is 3.83. The Morgan fingerprint density at radius 1 is 0.692 bits per heavy atom. The number of fused-ring (bicyclic) bond motifs is 7. The summed E-state index contributed by atoms with van der Waals surface area (Å²) in [6.07, 6.45) is 14.7. The standard InChI is InChI=1S/C24H34N2/c1-2-8-16(9-3-1)26-22-13-7-5-11-18(22)20-15-14-19-17-10-4-6-12-21(17)25-23(19)24(20)26/h1-3,8-9,17-25H,4-7,10-15H2. The molecule has 0 amide bonds. The van der Waals surface area contributed by atoms with Crippen LogP contribution < -0.4 is 10.2 Å². The van der Waals surface area contributed by atoms with Crippen molar-refractivity contribution in [3.8, 4) is 0 Å². The zero-order valence-corrected chi connectivity index (χ0v) is 16.0. The Morgan fingerprint density at radius 2 is 1.42 bits per heavy atom. The Balaban J connectivity index is 1.39. The molecule has 5 aliphatic rings. The molecular formula is C24H34N2. The van der Waals surface area contributed by atoms with Crippen LogP contribution in [-0.4, -0.2) is 24.2 Å². The van der Waals surface area contributed by atoms with Gasteiger partial charge in [-0.25, -0.2) is 0 Å².